The van der Waals surface area contributed by atoms with E-state index in [4.69, 9.17) is 37.9 Å². The number of aryl methyl sites for hydroxylation is 4. The molecule has 0 atom stereocenters. The third-order valence-electron chi connectivity index (χ3n) is 15.0. The number of carbonyl (C=O) groups excluding carboxylic acids is 7. The van der Waals surface area contributed by atoms with Gasteiger partial charge in [-0.1, -0.05) is 108 Å². The molecule has 0 unspecified atom stereocenters. The van der Waals surface area contributed by atoms with Gasteiger partial charge in [-0.15, -0.1) is 0 Å². The van der Waals surface area contributed by atoms with Crippen LogP contribution in [0.15, 0.2) is 97.6 Å². The molecule has 0 amide bonds. The zero-order chi connectivity index (χ0) is 66.5. The van der Waals surface area contributed by atoms with Gasteiger partial charge < -0.3 is 52.1 Å². The molecule has 0 radical (unpaired) electrons. The number of unbranched alkanes of at least 4 members (excludes halogenated alkanes) is 4. The van der Waals surface area contributed by atoms with Crippen molar-refractivity contribution < 1.29 is 85.7 Å². The Labute approximate surface area is 542 Å². The Morgan fingerprint density at radius 1 is 0.315 bits per heavy atom. The summed E-state index contributed by atoms with van der Waals surface area (Å²) in [6.07, 6.45) is 19.7. The van der Waals surface area contributed by atoms with Gasteiger partial charge in [0.05, 0.1) is 74.2 Å². The van der Waals surface area contributed by atoms with Gasteiger partial charge in [0.1, 0.15) is 23.0 Å². The van der Waals surface area contributed by atoms with E-state index >= 15 is 0 Å². The fourth-order valence-corrected chi connectivity index (χ4v) is 10.4. The van der Waals surface area contributed by atoms with Crippen molar-refractivity contribution in [3.8, 4) is 23.0 Å². The van der Waals surface area contributed by atoms with E-state index in [1.165, 1.54) is 21.3 Å². The van der Waals surface area contributed by atoms with Gasteiger partial charge in [0, 0.05) is 68.2 Å². The lowest BCUT2D eigenvalue weighted by atomic mass is 9.87. The normalized spacial score (nSPS) is 11.9. The number of esters is 7. The van der Waals surface area contributed by atoms with E-state index in [0.717, 1.165) is 184 Å². The summed E-state index contributed by atoms with van der Waals surface area (Å²) < 4.78 is 64.3. The van der Waals surface area contributed by atoms with Gasteiger partial charge in [-0.3, -0.25) is 0 Å². The number of hydrogen-bond donors (Lipinski definition) is 0. The smallest absolute Gasteiger partial charge is 0.331 e. The minimum Gasteiger partial charge on any atom is -0.493 e. The molecule has 1 aliphatic rings. The van der Waals surface area contributed by atoms with Gasteiger partial charge in [0.2, 0.25) is 0 Å². The van der Waals surface area contributed by atoms with Crippen molar-refractivity contribution in [2.45, 2.75) is 156 Å². The molecule has 0 N–H and O–H groups in total. The van der Waals surface area contributed by atoms with E-state index in [2.05, 4.69) is 97.0 Å². The Hall–Kier alpha value is -8.67. The zero-order valence-electron chi connectivity index (χ0n) is 55.0. The molecule has 0 aromatic heterocycles. The summed E-state index contributed by atoms with van der Waals surface area (Å²) >= 11 is 0. The summed E-state index contributed by atoms with van der Waals surface area (Å²) in [7, 11) is 3.69. The highest BCUT2D eigenvalue weighted by Crippen LogP contribution is 2.42. The van der Waals surface area contributed by atoms with E-state index in [-0.39, 0.29) is 26.4 Å². The van der Waals surface area contributed by atoms with E-state index in [9.17, 15) is 33.6 Å². The molecule has 18 nitrogen and oxygen atoms in total. The van der Waals surface area contributed by atoms with Crippen molar-refractivity contribution in [1.82, 2.24) is 0 Å². The molecule has 0 spiro atoms. The fraction of sp³-hybridized carbons (Fsp3) is 0.473. The molecule has 1 aliphatic carbocycles. The Morgan fingerprint density at radius 2 is 0.522 bits per heavy atom. The predicted octanol–water partition coefficient (Wildman–Crippen LogP) is 12.4. The minimum atomic E-state index is -0.672. The number of ether oxygens (including phenoxy) is 11. The lowest BCUT2D eigenvalue weighted by Crippen LogP contribution is -2.12. The van der Waals surface area contributed by atoms with Crippen LogP contribution in [-0.4, -0.2) is 116 Å². The molecule has 18 heteroatoms. The first-order valence-electron chi connectivity index (χ1n) is 32.3. The largest absolute Gasteiger partial charge is 0.493 e. The molecular weight excluding hydrogens is 1180 g/mol. The highest BCUT2D eigenvalue weighted by Gasteiger charge is 2.25. The lowest BCUT2D eigenvalue weighted by Gasteiger charge is -2.25. The quantitative estimate of drug-likeness (QED) is 0.0154. The second kappa shape index (κ2) is 41.7. The van der Waals surface area contributed by atoms with E-state index in [1.54, 1.807) is 0 Å². The van der Waals surface area contributed by atoms with Crippen molar-refractivity contribution >= 4 is 41.8 Å². The Kier molecular flexibility index (Phi) is 33.5. The molecule has 5 rings (SSSR count). The van der Waals surface area contributed by atoms with Crippen LogP contribution in [0.1, 0.15) is 172 Å². The van der Waals surface area contributed by atoms with Gasteiger partial charge in [-0.05, 0) is 144 Å². The molecule has 498 valence electrons. The van der Waals surface area contributed by atoms with Gasteiger partial charge in [-0.25, -0.2) is 33.6 Å². The first-order chi connectivity index (χ1) is 44.6. The third-order valence-corrected chi connectivity index (χ3v) is 15.0. The fourth-order valence-electron chi connectivity index (χ4n) is 10.4. The molecule has 4 aromatic rings. The number of carbonyl (C=O) groups is 7. The summed E-state index contributed by atoms with van der Waals surface area (Å²) in [6, 6.07) is 17.4. The second-order valence-corrected chi connectivity index (χ2v) is 22.3. The zero-order valence-corrected chi connectivity index (χ0v) is 55.0. The molecule has 0 aliphatic heterocycles. The SMILES string of the molecule is C=CC(=O)OCCCc1cc2c(OCCCC)c(c1)Cc1cc(CCCOC(=O)/C=C\C(=O)OC)cc(c1OCCCC)Cc1cc(CCCOC(=O)/C=C\C(=O)OC)cc(c1OCCCC)Cc1cc(CCCOC(=O)/C=C\C(=O)OC)cc(c1OCCCC)C2. The molecular formula is C74H94O18. The van der Waals surface area contributed by atoms with Gasteiger partial charge in [-0.2, -0.15) is 0 Å². The summed E-state index contributed by atoms with van der Waals surface area (Å²) in [4.78, 5) is 85.7. The highest BCUT2D eigenvalue weighted by molar-refractivity contribution is 5.92. The number of fused-ring (bicyclic) bond motifs is 8. The first-order valence-corrected chi connectivity index (χ1v) is 32.3. The van der Waals surface area contributed by atoms with Crippen molar-refractivity contribution in [1.29, 1.82) is 0 Å². The molecule has 0 fully saturated rings. The number of rotatable bonds is 39. The molecule has 92 heavy (non-hydrogen) atoms. The van der Waals surface area contributed by atoms with Crippen LogP contribution in [0.5, 0.6) is 23.0 Å². The van der Waals surface area contributed by atoms with Crippen LogP contribution in [0.3, 0.4) is 0 Å². The summed E-state index contributed by atoms with van der Waals surface area (Å²) in [5.74, 6) is -1.55. The maximum Gasteiger partial charge on any atom is 0.331 e. The van der Waals surface area contributed by atoms with Crippen LogP contribution in [-0.2, 0) is 118 Å². The monoisotopic (exact) mass is 1270 g/mol. The molecule has 0 saturated heterocycles. The Morgan fingerprint density at radius 3 is 0.717 bits per heavy atom. The maximum atomic E-state index is 12.7. The molecule has 8 bridgehead atoms. The summed E-state index contributed by atoms with van der Waals surface area (Å²) in [5, 5.41) is 0. The van der Waals surface area contributed by atoms with Crippen LogP contribution >= 0.6 is 0 Å². The third kappa shape index (κ3) is 25.9. The average Bonchev–Trinajstić information content (AvgIpc) is 0.871. The average molecular weight is 1270 g/mol. The van der Waals surface area contributed by atoms with Crippen molar-refractivity contribution in [2.24, 2.45) is 0 Å². The molecule has 0 heterocycles. The number of benzene rings is 4. The van der Waals surface area contributed by atoms with Crippen LogP contribution < -0.4 is 18.9 Å². The van der Waals surface area contributed by atoms with Gasteiger partial charge in [0.25, 0.3) is 0 Å². The van der Waals surface area contributed by atoms with E-state index in [1.807, 2.05) is 0 Å². The lowest BCUT2D eigenvalue weighted by molar-refractivity contribution is -0.139. The van der Waals surface area contributed by atoms with E-state index < -0.39 is 41.8 Å². The Balaban J connectivity index is 1.86. The van der Waals surface area contributed by atoms with Crippen molar-refractivity contribution in [3.63, 3.8) is 0 Å². The summed E-state index contributed by atoms with van der Waals surface area (Å²) in [6.45, 7) is 14.3. The van der Waals surface area contributed by atoms with Crippen LogP contribution in [0.25, 0.3) is 0 Å². The van der Waals surface area contributed by atoms with Crippen LogP contribution in [0.2, 0.25) is 0 Å². The maximum absolute atomic E-state index is 12.7. The van der Waals surface area contributed by atoms with Crippen molar-refractivity contribution in [2.75, 3.05) is 74.2 Å². The molecule has 4 aromatic carbocycles. The van der Waals surface area contributed by atoms with Gasteiger partial charge in [0.15, 0.2) is 0 Å². The first kappa shape index (κ1) is 74.1. The van der Waals surface area contributed by atoms with E-state index in [0.29, 0.717) is 103 Å². The van der Waals surface area contributed by atoms with Crippen LogP contribution in [0.4, 0.5) is 0 Å². The van der Waals surface area contributed by atoms with Crippen molar-refractivity contribution in [3.05, 3.63) is 164 Å². The predicted molar refractivity (Wildman–Crippen MR) is 349 cm³/mol. The molecule has 0 saturated carbocycles. The Bertz CT molecular complexity index is 3030. The summed E-state index contributed by atoms with van der Waals surface area (Å²) in [5.41, 5.74) is 11.3. The topological polar surface area (TPSA) is 221 Å². The number of hydrogen-bond acceptors (Lipinski definition) is 18. The minimum absolute atomic E-state index is 0.0773. The number of methoxy groups -OCH3 is 3. The van der Waals surface area contributed by atoms with Crippen LogP contribution in [0, 0.1) is 0 Å². The second-order valence-electron chi connectivity index (χ2n) is 22.3. The highest BCUT2D eigenvalue weighted by atomic mass is 16.6. The standard InChI is InChI=1S/C74H94O18/c1-9-14-32-89-71-56-40-52(22-18-36-85-64(75)13-5)41-57(71)49-59-43-54(24-20-38-87-69(80)30-27-66(77)83-7)45-61(73(59)91-34-16-11-3)51-63-47-55(25-21-39-88-70(81)31-28-67(78)84-8)46-62(74(63)92-35-17-12-4)50-60-44-53(42-58(48-56)72(60)90-33-15-10-2)23-19-37-86-68(79)29-26-65(76)82-6/h13,26-31,40-47H,5,9-12,14-25,32-39,48-51H2,1-4,6-8H3/b29-26-,30-27-,31-28-. The van der Waals surface area contributed by atoms with Gasteiger partial charge >= 0.3 is 41.8 Å².